The Labute approximate surface area is 460 Å². The van der Waals surface area contributed by atoms with Crippen LogP contribution in [0.5, 0.6) is 0 Å². The van der Waals surface area contributed by atoms with Gasteiger partial charge in [-0.1, -0.05) is 275 Å². The molecule has 0 aromatic heterocycles. The third-order valence-corrected chi connectivity index (χ3v) is 14.5. The minimum atomic E-state index is -0.780. The van der Waals surface area contributed by atoms with Crippen molar-refractivity contribution in [3.63, 3.8) is 0 Å². The minimum absolute atomic E-state index is 0.0762. The minimum Gasteiger partial charge on any atom is -0.462 e. The highest BCUT2D eigenvalue weighted by Crippen LogP contribution is 2.17. The Bertz CT molecular complexity index is 1280. The van der Waals surface area contributed by atoms with E-state index in [2.05, 4.69) is 69.4 Å². The third-order valence-electron chi connectivity index (χ3n) is 14.5. The third kappa shape index (κ3) is 60.2. The molecule has 0 aromatic carbocycles. The molecular formula is C68H124O6. The van der Waals surface area contributed by atoms with Gasteiger partial charge in [0.05, 0.1) is 0 Å². The van der Waals surface area contributed by atoms with Crippen molar-refractivity contribution in [2.45, 2.75) is 354 Å². The van der Waals surface area contributed by atoms with Crippen LogP contribution in [0.1, 0.15) is 348 Å². The molecule has 0 aliphatic heterocycles. The van der Waals surface area contributed by atoms with Crippen LogP contribution < -0.4 is 0 Å². The molecule has 6 nitrogen and oxygen atoms in total. The Morgan fingerprint density at radius 2 is 0.486 bits per heavy atom. The first-order valence-electron chi connectivity index (χ1n) is 32.6. The Kier molecular flexibility index (Phi) is 60.7. The fraction of sp³-hybridized carbons (Fsp3) is 0.838. The summed E-state index contributed by atoms with van der Waals surface area (Å²) in [6, 6.07) is 0. The van der Waals surface area contributed by atoms with E-state index in [-0.39, 0.29) is 31.1 Å². The van der Waals surface area contributed by atoms with Crippen molar-refractivity contribution >= 4 is 17.9 Å². The summed E-state index contributed by atoms with van der Waals surface area (Å²) in [5.74, 6) is -0.870. The molecule has 0 aromatic rings. The lowest BCUT2D eigenvalue weighted by molar-refractivity contribution is -0.167. The van der Waals surface area contributed by atoms with Crippen LogP contribution in [-0.4, -0.2) is 37.2 Å². The van der Waals surface area contributed by atoms with E-state index in [1.165, 1.54) is 238 Å². The summed E-state index contributed by atoms with van der Waals surface area (Å²) >= 11 is 0. The van der Waals surface area contributed by atoms with Gasteiger partial charge in [-0.2, -0.15) is 0 Å². The van der Waals surface area contributed by atoms with Crippen LogP contribution in [0.3, 0.4) is 0 Å². The summed E-state index contributed by atoms with van der Waals surface area (Å²) in [5, 5.41) is 0. The molecule has 6 heteroatoms. The second-order valence-corrected chi connectivity index (χ2v) is 22.0. The Balaban J connectivity index is 4.35. The number of carbonyl (C=O) groups excluding carboxylic acids is 3. The van der Waals surface area contributed by atoms with Crippen LogP contribution in [0.2, 0.25) is 0 Å². The largest absolute Gasteiger partial charge is 0.462 e. The highest BCUT2D eigenvalue weighted by Gasteiger charge is 2.19. The van der Waals surface area contributed by atoms with Gasteiger partial charge in [-0.25, -0.2) is 0 Å². The smallest absolute Gasteiger partial charge is 0.306 e. The zero-order chi connectivity index (χ0) is 53.6. The lowest BCUT2D eigenvalue weighted by Gasteiger charge is -2.18. The van der Waals surface area contributed by atoms with Gasteiger partial charge in [-0.15, -0.1) is 0 Å². The molecule has 0 saturated carbocycles. The van der Waals surface area contributed by atoms with Crippen molar-refractivity contribution in [2.24, 2.45) is 0 Å². The van der Waals surface area contributed by atoms with Crippen molar-refractivity contribution in [3.05, 3.63) is 48.6 Å². The Morgan fingerprint density at radius 1 is 0.270 bits per heavy atom. The van der Waals surface area contributed by atoms with Gasteiger partial charge < -0.3 is 14.2 Å². The van der Waals surface area contributed by atoms with E-state index < -0.39 is 6.10 Å². The van der Waals surface area contributed by atoms with E-state index in [1.54, 1.807) is 0 Å². The number of hydrogen-bond donors (Lipinski definition) is 0. The molecule has 0 aliphatic rings. The van der Waals surface area contributed by atoms with E-state index >= 15 is 0 Å². The number of unbranched alkanes of at least 4 members (excludes halogenated alkanes) is 41. The molecular weight excluding hydrogens is 913 g/mol. The van der Waals surface area contributed by atoms with Gasteiger partial charge in [0.2, 0.25) is 0 Å². The molecule has 74 heavy (non-hydrogen) atoms. The van der Waals surface area contributed by atoms with Crippen LogP contribution in [0.15, 0.2) is 48.6 Å². The molecule has 0 amide bonds. The van der Waals surface area contributed by atoms with Crippen LogP contribution >= 0.6 is 0 Å². The quantitative estimate of drug-likeness (QED) is 0.0261. The van der Waals surface area contributed by atoms with Crippen LogP contribution in [0, 0.1) is 0 Å². The lowest BCUT2D eigenvalue weighted by atomic mass is 10.1. The van der Waals surface area contributed by atoms with E-state index in [1.807, 2.05) is 0 Å². The van der Waals surface area contributed by atoms with Crippen molar-refractivity contribution < 1.29 is 28.6 Å². The first-order chi connectivity index (χ1) is 36.5. The van der Waals surface area contributed by atoms with Gasteiger partial charge in [0, 0.05) is 19.3 Å². The normalized spacial score (nSPS) is 12.3. The highest BCUT2D eigenvalue weighted by molar-refractivity contribution is 5.71. The van der Waals surface area contributed by atoms with Gasteiger partial charge in [-0.05, 0) is 103 Å². The Morgan fingerprint density at radius 3 is 0.784 bits per heavy atom. The van der Waals surface area contributed by atoms with Gasteiger partial charge in [0.1, 0.15) is 13.2 Å². The molecule has 0 spiro atoms. The fourth-order valence-electron chi connectivity index (χ4n) is 9.58. The zero-order valence-corrected chi connectivity index (χ0v) is 49.6. The van der Waals surface area contributed by atoms with Crippen LogP contribution in [-0.2, 0) is 28.6 Å². The van der Waals surface area contributed by atoms with Gasteiger partial charge in [0.25, 0.3) is 0 Å². The first kappa shape index (κ1) is 71.4. The monoisotopic (exact) mass is 1040 g/mol. The molecule has 1 unspecified atom stereocenters. The lowest BCUT2D eigenvalue weighted by Crippen LogP contribution is -2.30. The summed E-state index contributed by atoms with van der Waals surface area (Å²) < 4.78 is 17.0. The van der Waals surface area contributed by atoms with E-state index in [9.17, 15) is 14.4 Å². The molecule has 0 N–H and O–H groups in total. The second-order valence-electron chi connectivity index (χ2n) is 22.0. The molecule has 0 fully saturated rings. The maximum atomic E-state index is 12.9. The van der Waals surface area contributed by atoms with Gasteiger partial charge in [-0.3, -0.25) is 14.4 Å². The molecule has 432 valence electrons. The molecule has 0 heterocycles. The van der Waals surface area contributed by atoms with E-state index in [0.717, 1.165) is 70.6 Å². The SMILES string of the molecule is CCCCC/C=C\C/C=C\CCCCCCCCCC(=O)OCC(COC(=O)CCCCCCCCCCC/C=C\CCCCCCCCCC)OC(=O)CCCCCCCCC/C=C\CCCCCCCCC. The summed E-state index contributed by atoms with van der Waals surface area (Å²) in [6.07, 6.45) is 78.2. The number of hydrogen-bond acceptors (Lipinski definition) is 6. The van der Waals surface area contributed by atoms with Crippen LogP contribution in [0.4, 0.5) is 0 Å². The van der Waals surface area contributed by atoms with Crippen molar-refractivity contribution in [1.82, 2.24) is 0 Å². The molecule has 0 bridgehead atoms. The molecule has 0 rings (SSSR count). The first-order valence-corrected chi connectivity index (χ1v) is 32.6. The number of ether oxygens (including phenoxy) is 3. The highest BCUT2D eigenvalue weighted by atomic mass is 16.6. The summed E-state index contributed by atoms with van der Waals surface area (Å²) in [7, 11) is 0. The molecule has 0 radical (unpaired) electrons. The standard InChI is InChI=1S/C68H124O6/c1-4-7-10-13-16-19-22-25-28-31-33-34-35-38-40-43-46-49-52-55-58-61-67(70)73-64-65(63-72-66(69)60-57-54-51-48-45-42-39-36-30-27-24-21-18-15-12-9-6-3)74-68(71)62-59-56-53-50-47-44-41-37-32-29-26-23-20-17-14-11-8-5-2/h18,21,27,29-33,65H,4-17,19-20,22-26,28,34-64H2,1-3H3/b21-18-,30-27-,32-29-,33-31-. The van der Waals surface area contributed by atoms with Crippen LogP contribution in [0.25, 0.3) is 0 Å². The fourth-order valence-corrected chi connectivity index (χ4v) is 9.58. The van der Waals surface area contributed by atoms with Crippen molar-refractivity contribution in [1.29, 1.82) is 0 Å². The average Bonchev–Trinajstić information content (AvgIpc) is 3.40. The van der Waals surface area contributed by atoms with Gasteiger partial charge >= 0.3 is 17.9 Å². The topological polar surface area (TPSA) is 78.9 Å². The van der Waals surface area contributed by atoms with Crippen molar-refractivity contribution in [2.75, 3.05) is 13.2 Å². The molecule has 0 aliphatic carbocycles. The molecule has 1 atom stereocenters. The van der Waals surface area contributed by atoms with E-state index in [4.69, 9.17) is 14.2 Å². The summed E-state index contributed by atoms with van der Waals surface area (Å²) in [6.45, 7) is 6.65. The summed E-state index contributed by atoms with van der Waals surface area (Å²) in [5.41, 5.74) is 0. The van der Waals surface area contributed by atoms with Crippen molar-refractivity contribution in [3.8, 4) is 0 Å². The van der Waals surface area contributed by atoms with Gasteiger partial charge in [0.15, 0.2) is 6.10 Å². The maximum absolute atomic E-state index is 12.9. The predicted octanol–water partition coefficient (Wildman–Crippen LogP) is 22.2. The number of esters is 3. The second kappa shape index (κ2) is 62.9. The maximum Gasteiger partial charge on any atom is 0.306 e. The molecule has 0 saturated heterocycles. The number of carbonyl (C=O) groups is 3. The number of allylic oxidation sites excluding steroid dienone is 8. The zero-order valence-electron chi connectivity index (χ0n) is 49.6. The van der Waals surface area contributed by atoms with E-state index in [0.29, 0.717) is 19.3 Å². The predicted molar refractivity (Wildman–Crippen MR) is 321 cm³/mol. The number of rotatable bonds is 60. The summed E-state index contributed by atoms with van der Waals surface area (Å²) in [4.78, 5) is 38.3. The average molecular weight is 1040 g/mol. The Hall–Kier alpha value is -2.63.